The first-order valence-electron chi connectivity index (χ1n) is 16.8. The lowest BCUT2D eigenvalue weighted by Gasteiger charge is -2.27. The van der Waals surface area contributed by atoms with Gasteiger partial charge in [-0.05, 0) is 37.8 Å². The van der Waals surface area contributed by atoms with E-state index in [0.29, 0.717) is 48.6 Å². The standard InChI is InChI=1S/C33H48FN7O10.2ClH/c1-4-17(2)24(32(48)50-16-23-25(42)26(43)31(51-23)41-15-20(34)28(45)40-33(41)49)39-30(47)22(14-19-10-6-5-7-11-19)38-27(44)18(3)37-29(46)21(36)12-8-9-13-35;;/h5-7,10-11,15,17-18,21-26,31,42-43H,4,8-9,12-14,16,35-36H2,1-3H3,(H,37,46)(H,38,44)(H,39,47)(H,40,45,49);2*1H/t17-,18-,21-,22-,23-,24-,25?,26?,31-;;/m0../s1. The predicted octanol–water partition coefficient (Wildman–Crippen LogP) is -1.10. The number of aromatic nitrogens is 2. The number of benzene rings is 1. The number of nitrogens with one attached hydrogen (secondary N) is 4. The molecule has 1 saturated heterocycles. The Hall–Kier alpha value is -3.91. The van der Waals surface area contributed by atoms with Crippen LogP contribution < -0.4 is 38.7 Å². The maximum absolute atomic E-state index is 13.9. The number of hydrogen-bond acceptors (Lipinski definition) is 12. The van der Waals surface area contributed by atoms with Crippen LogP contribution in [0.3, 0.4) is 0 Å². The second kappa shape index (κ2) is 22.3. The first kappa shape index (κ1) is 47.1. The monoisotopic (exact) mass is 793 g/mol. The highest BCUT2D eigenvalue weighted by atomic mass is 35.5. The Morgan fingerprint density at radius 1 is 1.00 bits per heavy atom. The average molecular weight is 795 g/mol. The Kier molecular flexibility index (Phi) is 19.9. The van der Waals surface area contributed by atoms with E-state index in [4.69, 9.17) is 20.9 Å². The Balaban J connectivity index is 0.00000702. The minimum Gasteiger partial charge on any atom is -0.461 e. The van der Waals surface area contributed by atoms with E-state index in [9.17, 15) is 43.4 Å². The van der Waals surface area contributed by atoms with Crippen molar-refractivity contribution in [3.8, 4) is 0 Å². The predicted molar refractivity (Wildman–Crippen MR) is 195 cm³/mol. The van der Waals surface area contributed by atoms with Gasteiger partial charge in [0.2, 0.25) is 23.5 Å². The van der Waals surface area contributed by atoms with E-state index in [-0.39, 0.29) is 31.2 Å². The van der Waals surface area contributed by atoms with Crippen LogP contribution in [0.4, 0.5) is 4.39 Å². The molecule has 1 aromatic heterocycles. The smallest absolute Gasteiger partial charge is 0.330 e. The number of esters is 1. The molecule has 1 aromatic carbocycles. The Bertz CT molecular complexity index is 1620. The van der Waals surface area contributed by atoms with Crippen molar-refractivity contribution in [3.05, 3.63) is 68.7 Å². The van der Waals surface area contributed by atoms with Crippen molar-refractivity contribution >= 4 is 48.5 Å². The van der Waals surface area contributed by atoms with Crippen LogP contribution in [0, 0.1) is 11.7 Å². The van der Waals surface area contributed by atoms with Crippen LogP contribution in [0.5, 0.6) is 0 Å². The summed E-state index contributed by atoms with van der Waals surface area (Å²) in [6, 6.07) is 4.46. The fourth-order valence-corrected chi connectivity index (χ4v) is 5.30. The Morgan fingerprint density at radius 2 is 1.66 bits per heavy atom. The molecule has 20 heteroatoms. The number of halogens is 3. The molecule has 2 aromatic rings. The molecule has 3 rings (SSSR count). The zero-order valence-corrected chi connectivity index (χ0v) is 31.2. The first-order valence-corrected chi connectivity index (χ1v) is 16.8. The Morgan fingerprint density at radius 3 is 2.28 bits per heavy atom. The molecule has 17 nitrogen and oxygen atoms in total. The van der Waals surface area contributed by atoms with Crippen molar-refractivity contribution in [1.82, 2.24) is 25.5 Å². The van der Waals surface area contributed by atoms with Gasteiger partial charge in [-0.2, -0.15) is 4.39 Å². The summed E-state index contributed by atoms with van der Waals surface area (Å²) in [5.74, 6) is -4.67. The van der Waals surface area contributed by atoms with Gasteiger partial charge in [-0.1, -0.05) is 57.0 Å². The van der Waals surface area contributed by atoms with Crippen molar-refractivity contribution < 1.29 is 43.3 Å². The van der Waals surface area contributed by atoms with Crippen molar-refractivity contribution in [2.24, 2.45) is 17.4 Å². The summed E-state index contributed by atoms with van der Waals surface area (Å²) in [5, 5.41) is 28.9. The van der Waals surface area contributed by atoms with Crippen LogP contribution in [0.15, 0.2) is 46.1 Å². The van der Waals surface area contributed by atoms with E-state index in [2.05, 4.69) is 16.0 Å². The van der Waals surface area contributed by atoms with Crippen LogP contribution in [0.2, 0.25) is 0 Å². The number of unbranched alkanes of at least 4 members (excludes halogenated alkanes) is 1. The molecule has 10 N–H and O–H groups in total. The highest BCUT2D eigenvalue weighted by Crippen LogP contribution is 2.28. The van der Waals surface area contributed by atoms with Gasteiger partial charge < -0.3 is 47.1 Å². The summed E-state index contributed by atoms with van der Waals surface area (Å²) in [4.78, 5) is 78.2. The number of amides is 3. The number of nitrogens with two attached hydrogens (primary N) is 2. The van der Waals surface area contributed by atoms with Crippen LogP contribution in [-0.4, -0.2) is 99.1 Å². The maximum Gasteiger partial charge on any atom is 0.330 e. The fraction of sp³-hybridized carbons (Fsp3) is 0.576. The third-order valence-corrected chi connectivity index (χ3v) is 8.66. The molecule has 9 atom stereocenters. The largest absolute Gasteiger partial charge is 0.461 e. The second-order valence-electron chi connectivity index (χ2n) is 12.6. The van der Waals surface area contributed by atoms with Gasteiger partial charge >= 0.3 is 11.7 Å². The molecule has 3 amide bonds. The van der Waals surface area contributed by atoms with E-state index in [1.807, 2.05) is 0 Å². The SMILES string of the molecule is CC[C@H](C)[C@H](NC(=O)[C@H](Cc1ccccc1)NC(=O)[C@H](C)NC(=O)[C@@H](N)CCCCN)C(=O)OC[C@@H]1O[C@H](n2cc(F)c(=O)[nH]c2=O)C(O)C1O.Cl.Cl. The maximum atomic E-state index is 13.9. The van der Waals surface area contributed by atoms with Gasteiger partial charge in [0.1, 0.15) is 43.0 Å². The van der Waals surface area contributed by atoms with Gasteiger partial charge in [0, 0.05) is 6.42 Å². The van der Waals surface area contributed by atoms with Gasteiger partial charge in [0.05, 0.1) is 12.2 Å². The number of aliphatic hydroxyl groups excluding tert-OH is 2. The molecule has 53 heavy (non-hydrogen) atoms. The Labute approximate surface area is 317 Å². The molecule has 1 aliphatic rings. The van der Waals surface area contributed by atoms with Gasteiger partial charge in [-0.15, -0.1) is 24.8 Å². The van der Waals surface area contributed by atoms with Crippen LogP contribution >= 0.6 is 24.8 Å². The van der Waals surface area contributed by atoms with Crippen molar-refractivity contribution in [1.29, 1.82) is 0 Å². The van der Waals surface area contributed by atoms with Gasteiger partial charge in [0.15, 0.2) is 6.23 Å². The highest BCUT2D eigenvalue weighted by Gasteiger charge is 2.45. The topological polar surface area (TPSA) is 270 Å². The van der Waals surface area contributed by atoms with Crippen LogP contribution in [0.1, 0.15) is 58.2 Å². The summed E-state index contributed by atoms with van der Waals surface area (Å²) in [6.45, 7) is 4.73. The lowest BCUT2D eigenvalue weighted by Crippen LogP contribution is -2.57. The van der Waals surface area contributed by atoms with Gasteiger partial charge in [-0.3, -0.25) is 28.7 Å². The molecule has 2 unspecified atom stereocenters. The minimum atomic E-state index is -1.76. The summed E-state index contributed by atoms with van der Waals surface area (Å²) in [6.07, 6.45) is -3.76. The molecule has 0 saturated carbocycles. The fourth-order valence-electron chi connectivity index (χ4n) is 5.30. The zero-order chi connectivity index (χ0) is 37.8. The van der Waals surface area contributed by atoms with Crippen LogP contribution in [0.25, 0.3) is 0 Å². The number of rotatable bonds is 18. The van der Waals surface area contributed by atoms with E-state index >= 15 is 0 Å². The number of H-pyrrole nitrogens is 1. The number of ether oxygens (including phenoxy) is 2. The normalized spacial score (nSPS) is 20.7. The highest BCUT2D eigenvalue weighted by molar-refractivity contribution is 5.94. The van der Waals surface area contributed by atoms with E-state index in [0.717, 1.165) is 0 Å². The second-order valence-corrected chi connectivity index (χ2v) is 12.6. The molecule has 1 aliphatic heterocycles. The molecule has 1 fully saturated rings. The van der Waals surface area contributed by atoms with Crippen LogP contribution in [-0.2, 0) is 35.1 Å². The van der Waals surface area contributed by atoms with Gasteiger partial charge in [0.25, 0.3) is 5.56 Å². The summed E-state index contributed by atoms with van der Waals surface area (Å²) in [7, 11) is 0. The number of hydrogen-bond donors (Lipinski definition) is 8. The number of aliphatic hydroxyl groups is 2. The molecule has 0 radical (unpaired) electrons. The lowest BCUT2D eigenvalue weighted by atomic mass is 9.98. The summed E-state index contributed by atoms with van der Waals surface area (Å²) >= 11 is 0. The number of carbonyl (C=O) groups excluding carboxylic acids is 4. The molecule has 0 bridgehead atoms. The zero-order valence-electron chi connectivity index (χ0n) is 29.6. The molecule has 298 valence electrons. The summed E-state index contributed by atoms with van der Waals surface area (Å²) in [5.41, 5.74) is 9.74. The minimum absolute atomic E-state index is 0. The average Bonchev–Trinajstić information content (AvgIpc) is 3.39. The molecule has 0 aliphatic carbocycles. The third kappa shape index (κ3) is 13.2. The van der Waals surface area contributed by atoms with Crippen molar-refractivity contribution in [2.45, 2.75) is 102 Å². The quantitative estimate of drug-likeness (QED) is 0.0661. The number of aromatic amines is 1. The van der Waals surface area contributed by atoms with Crippen molar-refractivity contribution in [2.75, 3.05) is 13.2 Å². The molecular formula is C33H50Cl2FN7O10. The number of carbonyl (C=O) groups is 4. The van der Waals surface area contributed by atoms with Crippen molar-refractivity contribution in [3.63, 3.8) is 0 Å². The molecular weight excluding hydrogens is 744 g/mol. The van der Waals surface area contributed by atoms with E-state index in [1.165, 1.54) is 6.92 Å². The van der Waals surface area contributed by atoms with E-state index in [1.54, 1.807) is 49.2 Å². The third-order valence-electron chi connectivity index (χ3n) is 8.66. The molecule has 0 spiro atoms. The van der Waals surface area contributed by atoms with E-state index < -0.39 is 102 Å². The molecule has 2 heterocycles. The number of nitrogens with zero attached hydrogens (tertiary/aromatic N) is 1. The van der Waals surface area contributed by atoms with Gasteiger partial charge in [-0.25, -0.2) is 9.59 Å². The first-order chi connectivity index (χ1) is 24.2. The summed E-state index contributed by atoms with van der Waals surface area (Å²) < 4.78 is 25.3. The lowest BCUT2D eigenvalue weighted by molar-refractivity contribution is -0.155.